The van der Waals surface area contributed by atoms with Crippen molar-refractivity contribution in [2.24, 2.45) is 0 Å². The summed E-state index contributed by atoms with van der Waals surface area (Å²) in [6, 6.07) is 9.65. The maximum Gasteiger partial charge on any atom is 0.195 e. The number of nitrogens with one attached hydrogen (secondary N) is 1. The van der Waals surface area contributed by atoms with Crippen molar-refractivity contribution in [3.8, 4) is 11.6 Å². The molecule has 1 aromatic carbocycles. The van der Waals surface area contributed by atoms with E-state index in [0.717, 1.165) is 11.0 Å². The second-order valence-corrected chi connectivity index (χ2v) is 3.17. The maximum absolute atomic E-state index is 4.40. The van der Waals surface area contributed by atoms with Crippen LogP contribution in [0.15, 0.2) is 42.7 Å². The highest BCUT2D eigenvalue weighted by atomic mass is 35.5. The van der Waals surface area contributed by atoms with Crippen molar-refractivity contribution < 1.29 is 0 Å². The van der Waals surface area contributed by atoms with Crippen LogP contribution in [0.4, 0.5) is 0 Å². The van der Waals surface area contributed by atoms with Gasteiger partial charge < -0.3 is 4.98 Å². The molecular formula is C11H9ClN4. The summed E-state index contributed by atoms with van der Waals surface area (Å²) >= 11 is 0. The Hall–Kier alpha value is -1.94. The van der Waals surface area contributed by atoms with Gasteiger partial charge in [-0.25, -0.2) is 15.0 Å². The van der Waals surface area contributed by atoms with E-state index in [1.54, 1.807) is 18.5 Å². The third-order valence-electron chi connectivity index (χ3n) is 2.17. The van der Waals surface area contributed by atoms with Crippen LogP contribution in [-0.4, -0.2) is 19.9 Å². The number of para-hydroxylation sites is 2. The summed E-state index contributed by atoms with van der Waals surface area (Å²) in [4.78, 5) is 15.9. The second-order valence-electron chi connectivity index (χ2n) is 3.17. The molecule has 0 bridgehead atoms. The summed E-state index contributed by atoms with van der Waals surface area (Å²) in [6.45, 7) is 0. The normalized spacial score (nSPS) is 10.0. The Labute approximate surface area is 98.2 Å². The predicted octanol–water partition coefficient (Wildman–Crippen LogP) is 2.44. The summed E-state index contributed by atoms with van der Waals surface area (Å²) in [6.07, 6.45) is 3.41. The average Bonchev–Trinajstić information content (AvgIpc) is 2.74. The molecule has 0 aliphatic carbocycles. The molecule has 0 atom stereocenters. The number of benzene rings is 1. The van der Waals surface area contributed by atoms with E-state index in [2.05, 4.69) is 19.9 Å². The molecule has 3 rings (SSSR count). The van der Waals surface area contributed by atoms with Crippen LogP contribution in [0.3, 0.4) is 0 Å². The van der Waals surface area contributed by atoms with Gasteiger partial charge in [-0.1, -0.05) is 12.1 Å². The van der Waals surface area contributed by atoms with Crippen molar-refractivity contribution >= 4 is 23.4 Å². The molecule has 5 heteroatoms. The van der Waals surface area contributed by atoms with E-state index in [-0.39, 0.29) is 12.4 Å². The lowest BCUT2D eigenvalue weighted by atomic mass is 10.3. The van der Waals surface area contributed by atoms with E-state index in [0.29, 0.717) is 11.6 Å². The topological polar surface area (TPSA) is 54.5 Å². The fraction of sp³-hybridized carbons (Fsp3) is 0. The van der Waals surface area contributed by atoms with Crippen molar-refractivity contribution in [2.75, 3.05) is 0 Å². The third kappa shape index (κ3) is 1.75. The largest absolute Gasteiger partial charge is 0.335 e. The van der Waals surface area contributed by atoms with E-state index in [4.69, 9.17) is 0 Å². The predicted molar refractivity (Wildman–Crippen MR) is 64.4 cm³/mol. The summed E-state index contributed by atoms with van der Waals surface area (Å²) in [5, 5.41) is 0. The molecule has 0 spiro atoms. The first kappa shape index (κ1) is 10.6. The summed E-state index contributed by atoms with van der Waals surface area (Å²) in [5.74, 6) is 1.32. The summed E-state index contributed by atoms with van der Waals surface area (Å²) in [5.41, 5.74) is 1.93. The number of rotatable bonds is 1. The lowest BCUT2D eigenvalue weighted by Crippen LogP contribution is -1.87. The van der Waals surface area contributed by atoms with Crippen molar-refractivity contribution in [2.45, 2.75) is 0 Å². The van der Waals surface area contributed by atoms with Gasteiger partial charge in [0.25, 0.3) is 0 Å². The minimum Gasteiger partial charge on any atom is -0.335 e. The zero-order valence-electron chi connectivity index (χ0n) is 8.29. The van der Waals surface area contributed by atoms with Crippen LogP contribution in [0, 0.1) is 0 Å². The lowest BCUT2D eigenvalue weighted by Gasteiger charge is -1.90. The van der Waals surface area contributed by atoms with Crippen LogP contribution in [0.2, 0.25) is 0 Å². The fourth-order valence-electron chi connectivity index (χ4n) is 1.48. The highest BCUT2D eigenvalue weighted by molar-refractivity contribution is 5.85. The molecule has 0 amide bonds. The number of aromatic nitrogens is 4. The summed E-state index contributed by atoms with van der Waals surface area (Å²) in [7, 11) is 0. The average molecular weight is 233 g/mol. The molecule has 0 radical (unpaired) electrons. The number of nitrogens with zero attached hydrogens (tertiary/aromatic N) is 3. The molecule has 0 aliphatic rings. The lowest BCUT2D eigenvalue weighted by molar-refractivity contribution is 1.13. The molecule has 0 aliphatic heterocycles. The quantitative estimate of drug-likeness (QED) is 0.701. The number of fused-ring (bicyclic) bond motifs is 1. The third-order valence-corrected chi connectivity index (χ3v) is 2.17. The molecule has 4 nitrogen and oxygen atoms in total. The van der Waals surface area contributed by atoms with Gasteiger partial charge in [-0.05, 0) is 18.2 Å². The monoisotopic (exact) mass is 232 g/mol. The molecule has 3 aromatic rings. The Morgan fingerprint density at radius 3 is 2.44 bits per heavy atom. The van der Waals surface area contributed by atoms with Crippen molar-refractivity contribution in [3.05, 3.63) is 42.7 Å². The zero-order valence-corrected chi connectivity index (χ0v) is 9.11. The number of H-pyrrole nitrogens is 1. The Bertz CT molecular complexity index is 558. The van der Waals surface area contributed by atoms with Crippen LogP contribution in [0.25, 0.3) is 22.7 Å². The minimum atomic E-state index is 0. The molecule has 80 valence electrons. The van der Waals surface area contributed by atoms with E-state index in [9.17, 15) is 0 Å². The van der Waals surface area contributed by atoms with Crippen molar-refractivity contribution in [3.63, 3.8) is 0 Å². The van der Waals surface area contributed by atoms with Gasteiger partial charge in [0.15, 0.2) is 11.6 Å². The smallest absolute Gasteiger partial charge is 0.195 e. The molecule has 0 saturated heterocycles. The highest BCUT2D eigenvalue weighted by Gasteiger charge is 2.05. The molecule has 0 fully saturated rings. The second kappa shape index (κ2) is 4.28. The first-order valence-electron chi connectivity index (χ1n) is 4.65. The number of hydrogen-bond acceptors (Lipinski definition) is 3. The summed E-state index contributed by atoms with van der Waals surface area (Å²) < 4.78 is 0. The van der Waals surface area contributed by atoms with E-state index >= 15 is 0 Å². The molecule has 0 unspecified atom stereocenters. The van der Waals surface area contributed by atoms with Crippen LogP contribution < -0.4 is 0 Å². The standard InChI is InChI=1S/C11H8N4.ClH/c1-2-5-9-8(4-1)14-11(15-9)10-12-6-3-7-13-10;/h1-7H,(H,14,15);1H. The molecule has 1 N–H and O–H groups in total. The molecule has 2 aromatic heterocycles. The van der Waals surface area contributed by atoms with Crippen LogP contribution in [-0.2, 0) is 0 Å². The first-order valence-corrected chi connectivity index (χ1v) is 4.65. The van der Waals surface area contributed by atoms with Gasteiger partial charge in [0.05, 0.1) is 11.0 Å². The first-order chi connectivity index (χ1) is 7.43. The fourth-order valence-corrected chi connectivity index (χ4v) is 1.48. The van der Waals surface area contributed by atoms with E-state index in [1.807, 2.05) is 24.3 Å². The van der Waals surface area contributed by atoms with Gasteiger partial charge >= 0.3 is 0 Å². The Morgan fingerprint density at radius 1 is 0.938 bits per heavy atom. The number of hydrogen-bond donors (Lipinski definition) is 1. The minimum absolute atomic E-state index is 0. The Balaban J connectivity index is 0.000000963. The Kier molecular flexibility index (Phi) is 2.83. The van der Waals surface area contributed by atoms with Crippen molar-refractivity contribution in [1.29, 1.82) is 0 Å². The Morgan fingerprint density at radius 2 is 1.69 bits per heavy atom. The van der Waals surface area contributed by atoms with Gasteiger partial charge in [-0.15, -0.1) is 12.4 Å². The van der Waals surface area contributed by atoms with Crippen LogP contribution >= 0.6 is 12.4 Å². The highest BCUT2D eigenvalue weighted by Crippen LogP contribution is 2.15. The molecular weight excluding hydrogens is 224 g/mol. The van der Waals surface area contributed by atoms with Crippen LogP contribution in [0.1, 0.15) is 0 Å². The van der Waals surface area contributed by atoms with Gasteiger partial charge in [-0.2, -0.15) is 0 Å². The molecule has 0 saturated carbocycles. The molecule has 16 heavy (non-hydrogen) atoms. The van der Waals surface area contributed by atoms with E-state index in [1.165, 1.54) is 0 Å². The molecule has 2 heterocycles. The van der Waals surface area contributed by atoms with E-state index < -0.39 is 0 Å². The van der Waals surface area contributed by atoms with Gasteiger partial charge in [0.1, 0.15) is 0 Å². The van der Waals surface area contributed by atoms with Gasteiger partial charge in [0, 0.05) is 12.4 Å². The van der Waals surface area contributed by atoms with Gasteiger partial charge in [0.2, 0.25) is 0 Å². The number of aromatic amines is 1. The van der Waals surface area contributed by atoms with Crippen molar-refractivity contribution in [1.82, 2.24) is 19.9 Å². The number of imidazole rings is 1. The van der Waals surface area contributed by atoms with Crippen LogP contribution in [0.5, 0.6) is 0 Å². The zero-order chi connectivity index (χ0) is 10.1. The van der Waals surface area contributed by atoms with Gasteiger partial charge in [-0.3, -0.25) is 0 Å². The maximum atomic E-state index is 4.40. The SMILES string of the molecule is Cl.c1cnc(-c2nc3ccccc3[nH]2)nc1. The number of halogens is 1.